The average Bonchev–Trinajstić information content (AvgIpc) is 2.69. The van der Waals surface area contributed by atoms with Crippen molar-refractivity contribution in [2.75, 3.05) is 20.3 Å². The van der Waals surface area contributed by atoms with Crippen LogP contribution in [0.2, 0.25) is 0 Å². The van der Waals surface area contributed by atoms with Crippen LogP contribution in [0.25, 0.3) is 0 Å². The summed E-state index contributed by atoms with van der Waals surface area (Å²) in [7, 11) is 1.58. The maximum Gasteiger partial charge on any atom is 0.234 e. The number of methoxy groups -OCH3 is 1. The Labute approximate surface area is 172 Å². The van der Waals surface area contributed by atoms with Crippen LogP contribution in [0.15, 0.2) is 36.4 Å². The summed E-state index contributed by atoms with van der Waals surface area (Å²) < 4.78 is 17.0. The van der Waals surface area contributed by atoms with E-state index in [1.807, 2.05) is 30.3 Å². The number of carbonyl (C=O) groups is 1. The third kappa shape index (κ3) is 6.72. The molecule has 0 unspecified atom stereocenters. The molecule has 0 radical (unpaired) electrons. The highest BCUT2D eigenvalue weighted by Crippen LogP contribution is 2.28. The molecule has 0 aromatic heterocycles. The summed E-state index contributed by atoms with van der Waals surface area (Å²) >= 11 is 0. The van der Waals surface area contributed by atoms with E-state index < -0.39 is 0 Å². The number of carbonyl (C=O) groups excluding carboxylic acids is 1. The minimum Gasteiger partial charge on any atom is -0.493 e. The highest BCUT2D eigenvalue weighted by Gasteiger charge is 2.08. The van der Waals surface area contributed by atoms with Gasteiger partial charge in [0.2, 0.25) is 5.91 Å². The molecule has 2 aromatic carbocycles. The van der Waals surface area contributed by atoms with Crippen molar-refractivity contribution in [1.82, 2.24) is 5.32 Å². The second kappa shape index (κ2) is 11.0. The zero-order valence-electron chi connectivity index (χ0n) is 17.5. The lowest BCUT2D eigenvalue weighted by molar-refractivity contribution is -0.120. The first-order valence-electron chi connectivity index (χ1n) is 9.61. The molecule has 0 saturated heterocycles. The number of nitriles is 1. The molecule has 0 saturated carbocycles. The number of rotatable bonds is 10. The Hall–Kier alpha value is -3.20. The fourth-order valence-corrected chi connectivity index (χ4v) is 2.98. The van der Waals surface area contributed by atoms with Crippen molar-refractivity contribution in [2.45, 2.75) is 39.7 Å². The molecule has 6 nitrogen and oxygen atoms in total. The van der Waals surface area contributed by atoms with Gasteiger partial charge in [-0.3, -0.25) is 4.79 Å². The summed E-state index contributed by atoms with van der Waals surface area (Å²) in [6.07, 6.45) is -0.158. The van der Waals surface area contributed by atoms with Gasteiger partial charge in [-0.2, -0.15) is 5.26 Å². The van der Waals surface area contributed by atoms with E-state index in [4.69, 9.17) is 19.5 Å². The minimum atomic E-state index is -0.307. The number of hydrogen-bond donors (Lipinski definition) is 1. The normalized spacial score (nSPS) is 10.3. The number of nitrogens with zero attached hydrogens (tertiary/aromatic N) is 1. The average molecular weight is 396 g/mol. The van der Waals surface area contributed by atoms with Crippen LogP contribution in [-0.2, 0) is 11.3 Å². The first kappa shape index (κ1) is 22.1. The maximum absolute atomic E-state index is 11.4. The smallest absolute Gasteiger partial charge is 0.234 e. The van der Waals surface area contributed by atoms with Crippen LogP contribution in [0.3, 0.4) is 0 Å². The summed E-state index contributed by atoms with van der Waals surface area (Å²) in [6, 6.07) is 13.4. The van der Waals surface area contributed by atoms with E-state index in [1.54, 1.807) is 13.2 Å². The maximum atomic E-state index is 11.4. The zero-order valence-corrected chi connectivity index (χ0v) is 17.5. The predicted molar refractivity (Wildman–Crippen MR) is 111 cm³/mol. The van der Waals surface area contributed by atoms with E-state index >= 15 is 0 Å². The van der Waals surface area contributed by atoms with Gasteiger partial charge in [0.1, 0.15) is 25.4 Å². The van der Waals surface area contributed by atoms with Gasteiger partial charge in [0.05, 0.1) is 13.2 Å². The molecule has 1 N–H and O–H groups in total. The van der Waals surface area contributed by atoms with E-state index in [-0.39, 0.29) is 12.3 Å². The Kier molecular flexibility index (Phi) is 8.35. The summed E-state index contributed by atoms with van der Waals surface area (Å²) in [6.45, 7) is 7.50. The Bertz CT molecular complexity index is 872. The van der Waals surface area contributed by atoms with Gasteiger partial charge in [0.25, 0.3) is 0 Å². The molecule has 1 amide bonds. The van der Waals surface area contributed by atoms with E-state index in [0.717, 1.165) is 11.3 Å². The highest BCUT2D eigenvalue weighted by atomic mass is 16.5. The van der Waals surface area contributed by atoms with Gasteiger partial charge in [-0.1, -0.05) is 26.0 Å². The lowest BCUT2D eigenvalue weighted by atomic mass is 9.98. The van der Waals surface area contributed by atoms with Gasteiger partial charge in [-0.05, 0) is 53.8 Å². The molecule has 0 aliphatic carbocycles. The highest BCUT2D eigenvalue weighted by molar-refractivity contribution is 5.77. The number of ether oxygens (including phenoxy) is 3. The largest absolute Gasteiger partial charge is 0.493 e. The summed E-state index contributed by atoms with van der Waals surface area (Å²) in [4.78, 5) is 11.4. The lowest BCUT2D eigenvalue weighted by Gasteiger charge is -2.14. The van der Waals surface area contributed by atoms with Gasteiger partial charge in [-0.25, -0.2) is 0 Å². The number of nitrogens with one attached hydrogen (secondary N) is 1. The summed E-state index contributed by atoms with van der Waals surface area (Å²) in [5, 5.41) is 11.2. The fraction of sp³-hybridized carbons (Fsp3) is 0.391. The van der Waals surface area contributed by atoms with Crippen molar-refractivity contribution in [1.29, 1.82) is 5.26 Å². The molecule has 0 fully saturated rings. The number of benzene rings is 2. The van der Waals surface area contributed by atoms with Crippen molar-refractivity contribution in [3.63, 3.8) is 0 Å². The molecular weight excluding hydrogens is 368 g/mol. The first-order valence-corrected chi connectivity index (χ1v) is 9.61. The molecule has 6 heteroatoms. The van der Waals surface area contributed by atoms with Gasteiger partial charge < -0.3 is 19.5 Å². The number of hydrogen-bond acceptors (Lipinski definition) is 5. The van der Waals surface area contributed by atoms with Crippen molar-refractivity contribution in [3.05, 3.63) is 53.1 Å². The van der Waals surface area contributed by atoms with E-state index in [2.05, 4.69) is 32.2 Å². The second-order valence-corrected chi connectivity index (χ2v) is 6.97. The number of aryl methyl sites for hydroxylation is 1. The molecule has 2 rings (SSSR count). The zero-order chi connectivity index (χ0) is 21.2. The standard InChI is InChI=1S/C23H28N2O4/c1-16(2)20-7-6-19(13-17(20)3)28-11-12-29-22-14-18(5-8-21(22)27-4)15-25-23(26)9-10-24/h5-8,13-14,16H,9,11-12,15H2,1-4H3,(H,25,26). The molecule has 0 heterocycles. The van der Waals surface area contributed by atoms with Gasteiger partial charge in [0.15, 0.2) is 11.5 Å². The van der Waals surface area contributed by atoms with Crippen LogP contribution in [0.4, 0.5) is 0 Å². The van der Waals surface area contributed by atoms with Crippen molar-refractivity contribution in [3.8, 4) is 23.3 Å². The summed E-state index contributed by atoms with van der Waals surface area (Å²) in [5.74, 6) is 2.18. The molecule has 0 spiro atoms. The first-order chi connectivity index (χ1) is 13.9. The quantitative estimate of drug-likeness (QED) is 0.611. The van der Waals surface area contributed by atoms with Crippen LogP contribution in [-0.4, -0.2) is 26.2 Å². The van der Waals surface area contributed by atoms with E-state index in [9.17, 15) is 4.79 Å². The monoisotopic (exact) mass is 396 g/mol. The van der Waals surface area contributed by atoms with Crippen molar-refractivity contribution in [2.24, 2.45) is 0 Å². The van der Waals surface area contributed by atoms with Crippen molar-refractivity contribution >= 4 is 5.91 Å². The third-order valence-corrected chi connectivity index (χ3v) is 4.43. The van der Waals surface area contributed by atoms with Crippen LogP contribution >= 0.6 is 0 Å². The third-order valence-electron chi connectivity index (χ3n) is 4.43. The molecule has 29 heavy (non-hydrogen) atoms. The molecule has 2 aromatic rings. The summed E-state index contributed by atoms with van der Waals surface area (Å²) in [5.41, 5.74) is 3.39. The SMILES string of the molecule is COc1ccc(CNC(=O)CC#N)cc1OCCOc1ccc(C(C)C)c(C)c1. The minimum absolute atomic E-state index is 0.158. The van der Waals surface area contributed by atoms with Gasteiger partial charge in [0, 0.05) is 6.54 Å². The molecule has 0 atom stereocenters. The van der Waals surface area contributed by atoms with Crippen molar-refractivity contribution < 1.29 is 19.0 Å². The molecule has 0 aliphatic heterocycles. The van der Waals surface area contributed by atoms with Gasteiger partial charge >= 0.3 is 0 Å². The van der Waals surface area contributed by atoms with Crippen LogP contribution in [0.1, 0.15) is 42.9 Å². The Morgan fingerprint density at radius 1 is 1.10 bits per heavy atom. The van der Waals surface area contributed by atoms with Gasteiger partial charge in [-0.15, -0.1) is 0 Å². The predicted octanol–water partition coefficient (Wildman–Crippen LogP) is 4.11. The molecular formula is C23H28N2O4. The lowest BCUT2D eigenvalue weighted by Crippen LogP contribution is -2.21. The molecule has 154 valence electrons. The topological polar surface area (TPSA) is 80.6 Å². The fourth-order valence-electron chi connectivity index (χ4n) is 2.98. The van der Waals surface area contributed by atoms with E-state index in [1.165, 1.54) is 11.1 Å². The Morgan fingerprint density at radius 2 is 1.86 bits per heavy atom. The van der Waals surface area contributed by atoms with Crippen LogP contribution in [0.5, 0.6) is 17.2 Å². The molecule has 0 bridgehead atoms. The van der Waals surface area contributed by atoms with E-state index in [0.29, 0.717) is 37.2 Å². The van der Waals surface area contributed by atoms with Crippen LogP contribution < -0.4 is 19.5 Å². The second-order valence-electron chi connectivity index (χ2n) is 6.97. The van der Waals surface area contributed by atoms with Crippen LogP contribution in [0, 0.1) is 18.3 Å². The molecule has 0 aliphatic rings. The Balaban J connectivity index is 1.90. The Morgan fingerprint density at radius 3 is 2.52 bits per heavy atom. The number of amides is 1.